The summed E-state index contributed by atoms with van der Waals surface area (Å²) >= 11 is 7.25. The number of benzene rings is 2. The predicted molar refractivity (Wildman–Crippen MR) is 109 cm³/mol. The van der Waals surface area contributed by atoms with Gasteiger partial charge in [-0.2, -0.15) is 0 Å². The third kappa shape index (κ3) is 4.48. The molecule has 0 N–H and O–H groups in total. The Hall–Kier alpha value is -2.24. The molecule has 1 aliphatic rings. The minimum Gasteiger partial charge on any atom is -0.491 e. The van der Waals surface area contributed by atoms with E-state index in [1.807, 2.05) is 56.3 Å². The first-order valence-corrected chi connectivity index (χ1v) is 9.40. The molecule has 0 unspecified atom stereocenters. The van der Waals surface area contributed by atoms with Gasteiger partial charge in [0.15, 0.2) is 5.17 Å². The van der Waals surface area contributed by atoms with Crippen molar-refractivity contribution in [3.8, 4) is 5.75 Å². The molecule has 0 saturated carbocycles. The van der Waals surface area contributed by atoms with Crippen molar-refractivity contribution in [1.82, 2.24) is 4.90 Å². The zero-order valence-electron chi connectivity index (χ0n) is 14.8. The lowest BCUT2D eigenvalue weighted by Crippen LogP contribution is -2.23. The molecule has 26 heavy (non-hydrogen) atoms. The lowest BCUT2D eigenvalue weighted by molar-refractivity contribution is -0.121. The summed E-state index contributed by atoms with van der Waals surface area (Å²) in [5, 5.41) is 1.30. The number of amidine groups is 1. The van der Waals surface area contributed by atoms with Crippen molar-refractivity contribution in [2.24, 2.45) is 4.99 Å². The molecule has 134 valence electrons. The fourth-order valence-electron chi connectivity index (χ4n) is 2.34. The zero-order chi connectivity index (χ0) is 18.7. The molecule has 0 radical (unpaired) electrons. The van der Waals surface area contributed by atoms with Crippen LogP contribution in [0.2, 0.25) is 5.02 Å². The molecule has 1 saturated heterocycles. The number of ether oxygens (including phenoxy) is 1. The van der Waals surface area contributed by atoms with Crippen LogP contribution >= 0.6 is 23.4 Å². The van der Waals surface area contributed by atoms with Crippen molar-refractivity contribution >= 4 is 46.2 Å². The average molecular weight is 387 g/mol. The molecule has 3 rings (SSSR count). The Morgan fingerprint density at radius 2 is 1.77 bits per heavy atom. The minimum atomic E-state index is -0.0646. The Balaban J connectivity index is 1.79. The summed E-state index contributed by atoms with van der Waals surface area (Å²) in [6.07, 6.45) is 2.00. The van der Waals surface area contributed by atoms with Crippen molar-refractivity contribution in [2.45, 2.75) is 20.0 Å². The number of thioether (sulfide) groups is 1. The van der Waals surface area contributed by atoms with E-state index in [-0.39, 0.29) is 12.0 Å². The van der Waals surface area contributed by atoms with Gasteiger partial charge in [-0.1, -0.05) is 23.7 Å². The van der Waals surface area contributed by atoms with Gasteiger partial charge in [-0.25, -0.2) is 4.99 Å². The molecule has 1 aliphatic heterocycles. The van der Waals surface area contributed by atoms with Crippen LogP contribution in [0.3, 0.4) is 0 Å². The molecule has 2 aromatic carbocycles. The maximum atomic E-state index is 12.5. The minimum absolute atomic E-state index is 0.0646. The van der Waals surface area contributed by atoms with Crippen molar-refractivity contribution in [2.75, 3.05) is 7.05 Å². The van der Waals surface area contributed by atoms with Gasteiger partial charge in [-0.3, -0.25) is 9.69 Å². The van der Waals surface area contributed by atoms with Crippen LogP contribution in [0, 0.1) is 0 Å². The number of likely N-dealkylation sites (N-methyl/N-ethyl adjacent to an activating group) is 1. The van der Waals surface area contributed by atoms with E-state index in [4.69, 9.17) is 16.3 Å². The van der Waals surface area contributed by atoms with Crippen LogP contribution in [0.15, 0.2) is 58.4 Å². The fourth-order valence-corrected chi connectivity index (χ4v) is 3.46. The van der Waals surface area contributed by atoms with Crippen LogP contribution in [-0.2, 0) is 4.79 Å². The van der Waals surface area contributed by atoms with Gasteiger partial charge in [0, 0.05) is 12.1 Å². The summed E-state index contributed by atoms with van der Waals surface area (Å²) in [5.41, 5.74) is 1.70. The quantitative estimate of drug-likeness (QED) is 0.664. The summed E-state index contributed by atoms with van der Waals surface area (Å²) in [5.74, 6) is 0.750. The number of halogens is 1. The molecule has 0 aromatic heterocycles. The summed E-state index contributed by atoms with van der Waals surface area (Å²) in [7, 11) is 1.73. The number of aliphatic imine (C=N–C) groups is 1. The summed E-state index contributed by atoms with van der Waals surface area (Å²) in [4.78, 5) is 19.2. The van der Waals surface area contributed by atoms with Gasteiger partial charge in [0.1, 0.15) is 5.75 Å². The smallest absolute Gasteiger partial charge is 0.266 e. The number of carbonyl (C=O) groups is 1. The van der Waals surface area contributed by atoms with E-state index in [0.29, 0.717) is 15.1 Å². The van der Waals surface area contributed by atoms with E-state index in [9.17, 15) is 4.79 Å². The number of rotatable bonds is 4. The van der Waals surface area contributed by atoms with E-state index in [1.165, 1.54) is 11.8 Å². The lowest BCUT2D eigenvalue weighted by atomic mass is 10.2. The molecular weight excluding hydrogens is 368 g/mol. The molecule has 1 fully saturated rings. The van der Waals surface area contributed by atoms with E-state index >= 15 is 0 Å². The normalized spacial score (nSPS) is 17.6. The van der Waals surface area contributed by atoms with Gasteiger partial charge in [-0.05, 0) is 73.6 Å². The van der Waals surface area contributed by atoms with Gasteiger partial charge >= 0.3 is 0 Å². The zero-order valence-corrected chi connectivity index (χ0v) is 16.3. The highest BCUT2D eigenvalue weighted by molar-refractivity contribution is 8.18. The van der Waals surface area contributed by atoms with Crippen molar-refractivity contribution in [1.29, 1.82) is 0 Å². The maximum Gasteiger partial charge on any atom is 0.266 e. The van der Waals surface area contributed by atoms with E-state index < -0.39 is 0 Å². The SMILES string of the molecule is CC(C)Oc1ccc(/C=C2\SC(=Nc3ccc(Cl)cc3)N(C)C2=O)cc1. The van der Waals surface area contributed by atoms with Gasteiger partial charge in [0.25, 0.3) is 5.91 Å². The first-order valence-electron chi connectivity index (χ1n) is 8.21. The van der Waals surface area contributed by atoms with Crippen molar-refractivity contribution in [3.63, 3.8) is 0 Å². The molecule has 0 bridgehead atoms. The topological polar surface area (TPSA) is 41.9 Å². The Labute approximate surface area is 162 Å². The fraction of sp³-hybridized carbons (Fsp3) is 0.200. The molecule has 2 aromatic rings. The largest absolute Gasteiger partial charge is 0.491 e. The lowest BCUT2D eigenvalue weighted by Gasteiger charge is -2.09. The van der Waals surface area contributed by atoms with Crippen LogP contribution in [-0.4, -0.2) is 29.1 Å². The molecule has 6 heteroatoms. The first kappa shape index (κ1) is 18.5. The Morgan fingerprint density at radius 1 is 1.12 bits per heavy atom. The highest BCUT2D eigenvalue weighted by atomic mass is 35.5. The standard InChI is InChI=1S/C20H19ClN2O2S/c1-13(2)25-17-10-4-14(5-11-17)12-18-19(24)23(3)20(26-18)22-16-8-6-15(21)7-9-16/h4-13H,1-3H3/b18-12-,22-20?. The number of hydrogen-bond donors (Lipinski definition) is 0. The van der Waals surface area contributed by atoms with E-state index in [2.05, 4.69) is 4.99 Å². The summed E-state index contributed by atoms with van der Waals surface area (Å²) < 4.78 is 5.64. The molecule has 0 atom stereocenters. The van der Waals surface area contributed by atoms with Crippen LogP contribution in [0.25, 0.3) is 6.08 Å². The Kier molecular flexibility index (Phi) is 5.69. The van der Waals surface area contributed by atoms with Crippen LogP contribution in [0.4, 0.5) is 5.69 Å². The molecule has 1 heterocycles. The third-order valence-electron chi connectivity index (χ3n) is 3.60. The van der Waals surface area contributed by atoms with Gasteiger partial charge < -0.3 is 4.74 Å². The maximum absolute atomic E-state index is 12.5. The second-order valence-electron chi connectivity index (χ2n) is 6.08. The molecule has 1 amide bonds. The second kappa shape index (κ2) is 7.98. The Bertz CT molecular complexity index is 858. The predicted octanol–water partition coefficient (Wildman–Crippen LogP) is 5.36. The molecule has 0 aliphatic carbocycles. The van der Waals surface area contributed by atoms with Gasteiger partial charge in [0.2, 0.25) is 0 Å². The monoisotopic (exact) mass is 386 g/mol. The van der Waals surface area contributed by atoms with Crippen LogP contribution in [0.1, 0.15) is 19.4 Å². The van der Waals surface area contributed by atoms with Crippen LogP contribution in [0.5, 0.6) is 5.75 Å². The highest BCUT2D eigenvalue weighted by Gasteiger charge is 2.30. The number of nitrogens with zero attached hydrogens (tertiary/aromatic N) is 2. The number of carbonyl (C=O) groups excluding carboxylic acids is 1. The van der Waals surface area contributed by atoms with E-state index in [0.717, 1.165) is 17.0 Å². The molecule has 4 nitrogen and oxygen atoms in total. The Morgan fingerprint density at radius 3 is 2.38 bits per heavy atom. The van der Waals surface area contributed by atoms with Gasteiger partial charge in [0.05, 0.1) is 16.7 Å². The highest BCUT2D eigenvalue weighted by Crippen LogP contribution is 2.33. The van der Waals surface area contributed by atoms with E-state index in [1.54, 1.807) is 24.1 Å². The molecule has 0 spiro atoms. The third-order valence-corrected chi connectivity index (χ3v) is 4.92. The average Bonchev–Trinajstić information content (AvgIpc) is 2.86. The number of amides is 1. The second-order valence-corrected chi connectivity index (χ2v) is 7.53. The summed E-state index contributed by atoms with van der Waals surface area (Å²) in [6, 6.07) is 14.9. The van der Waals surface area contributed by atoms with Crippen molar-refractivity contribution in [3.05, 3.63) is 64.0 Å². The van der Waals surface area contributed by atoms with Gasteiger partial charge in [-0.15, -0.1) is 0 Å². The molecular formula is C20H19ClN2O2S. The van der Waals surface area contributed by atoms with Crippen molar-refractivity contribution < 1.29 is 9.53 Å². The number of hydrogen-bond acceptors (Lipinski definition) is 4. The first-order chi connectivity index (χ1) is 12.4. The van der Waals surface area contributed by atoms with Crippen LogP contribution < -0.4 is 4.74 Å². The summed E-state index contributed by atoms with van der Waals surface area (Å²) in [6.45, 7) is 3.97.